The van der Waals surface area contributed by atoms with Crippen LogP contribution in [0.1, 0.15) is 78.3 Å². The Morgan fingerprint density at radius 1 is 0.456 bits per heavy atom. The summed E-state index contributed by atoms with van der Waals surface area (Å²) < 4.78 is 5.63. The Kier molecular flexibility index (Phi) is 29.9. The maximum Gasteiger partial charge on any atom is 0.326 e. The van der Waals surface area contributed by atoms with Crippen molar-refractivity contribution in [3.63, 3.8) is 0 Å². The number of aryl methyl sites for hydroxylation is 2. The lowest BCUT2D eigenvalue weighted by Crippen LogP contribution is -2.51. The summed E-state index contributed by atoms with van der Waals surface area (Å²) in [6.07, 6.45) is -0.859. The predicted molar refractivity (Wildman–Crippen MR) is 315 cm³/mol. The SMILES string of the molecule is O=C(O)CCc1ccc(O)c(CN(CCN(CC(=O)O)Cc2cc(CCC(=O)NCC(=O)NC(Cc3ccc(OCC(=O)NC(Cc4ccccc4)C(=O)NCCCCC(NC(=O)NC(CCC(=O)O)C(=O)O)C(=O)O)cc3)C(=O)O)ccc2O)CC(=O)O)c1. The fraction of sp³-hybridized carbons (Fsp3) is 0.400. The number of carboxylic acid groups (broad SMARTS) is 7. The van der Waals surface area contributed by atoms with E-state index in [0.29, 0.717) is 33.4 Å². The first kappa shape index (κ1) is 72.1. The largest absolute Gasteiger partial charge is 0.508 e. The average molecular weight is 1260 g/mol. The number of phenolic OH excluding ortho intramolecular Hbond substituents is 2. The number of carboxylic acids is 7. The highest BCUT2D eigenvalue weighted by Gasteiger charge is 2.27. The van der Waals surface area contributed by atoms with E-state index in [1.54, 1.807) is 54.6 Å². The molecule has 4 aromatic rings. The third-order valence-corrected chi connectivity index (χ3v) is 13.6. The van der Waals surface area contributed by atoms with Gasteiger partial charge in [-0.15, -0.1) is 0 Å². The summed E-state index contributed by atoms with van der Waals surface area (Å²) in [6, 6.07) is 17.0. The van der Waals surface area contributed by atoms with Gasteiger partial charge in [0.2, 0.25) is 17.7 Å². The molecule has 15 N–H and O–H groups in total. The zero-order chi connectivity index (χ0) is 66.3. The normalized spacial score (nSPS) is 12.3. The highest BCUT2D eigenvalue weighted by Crippen LogP contribution is 2.24. The molecule has 0 fully saturated rings. The molecule has 4 atom stereocenters. The van der Waals surface area contributed by atoms with Gasteiger partial charge in [-0.1, -0.05) is 66.7 Å². The summed E-state index contributed by atoms with van der Waals surface area (Å²) in [5, 5.41) is 102. The molecule has 4 aromatic carbocycles. The lowest BCUT2D eigenvalue weighted by Gasteiger charge is -2.26. The van der Waals surface area contributed by atoms with Crippen LogP contribution in [0.15, 0.2) is 91.0 Å². The van der Waals surface area contributed by atoms with Gasteiger partial charge in [0.1, 0.15) is 41.4 Å². The number of aromatic hydroxyl groups is 2. The first-order chi connectivity index (χ1) is 42.7. The Bertz CT molecular complexity index is 3150. The minimum Gasteiger partial charge on any atom is -0.508 e. The molecular formula is C60H74N8O22. The molecule has 0 saturated heterocycles. The number of carbonyl (C=O) groups excluding carboxylic acids is 5. The smallest absolute Gasteiger partial charge is 0.326 e. The Labute approximate surface area is 515 Å². The molecule has 30 nitrogen and oxygen atoms in total. The van der Waals surface area contributed by atoms with Crippen LogP contribution in [0.5, 0.6) is 17.2 Å². The summed E-state index contributed by atoms with van der Waals surface area (Å²) in [5.74, 6) is -11.8. The minimum absolute atomic E-state index is 0.00289. The lowest BCUT2D eigenvalue weighted by atomic mass is 10.0. The summed E-state index contributed by atoms with van der Waals surface area (Å²) >= 11 is 0. The van der Waals surface area contributed by atoms with Crippen molar-refractivity contribution >= 4 is 71.4 Å². The van der Waals surface area contributed by atoms with E-state index in [2.05, 4.69) is 26.6 Å². The Morgan fingerprint density at radius 3 is 1.47 bits per heavy atom. The zero-order valence-corrected chi connectivity index (χ0v) is 48.8. The van der Waals surface area contributed by atoms with Gasteiger partial charge in [0.15, 0.2) is 6.61 Å². The number of benzene rings is 4. The van der Waals surface area contributed by atoms with Crippen LogP contribution in [0.2, 0.25) is 0 Å². The molecule has 4 unspecified atom stereocenters. The zero-order valence-electron chi connectivity index (χ0n) is 48.8. The number of nitrogens with one attached hydrogen (secondary N) is 6. The molecule has 0 bridgehead atoms. The number of urea groups is 1. The number of unbranched alkanes of at least 4 members (excludes halogenated alkanes) is 1. The van der Waals surface area contributed by atoms with Crippen LogP contribution in [0.3, 0.4) is 0 Å². The maximum atomic E-state index is 13.4. The Hall–Kier alpha value is -10.4. The van der Waals surface area contributed by atoms with Crippen molar-refractivity contribution in [1.29, 1.82) is 0 Å². The van der Waals surface area contributed by atoms with Gasteiger partial charge in [0.05, 0.1) is 19.6 Å². The molecule has 6 amide bonds. The fourth-order valence-corrected chi connectivity index (χ4v) is 8.99. The van der Waals surface area contributed by atoms with Gasteiger partial charge in [-0.3, -0.25) is 48.2 Å². The number of carbonyl (C=O) groups is 12. The van der Waals surface area contributed by atoms with Gasteiger partial charge in [0, 0.05) is 76.0 Å². The molecule has 0 heterocycles. The molecule has 0 aliphatic carbocycles. The molecule has 0 spiro atoms. The van der Waals surface area contributed by atoms with Crippen molar-refractivity contribution in [2.45, 2.75) is 108 Å². The molecule has 0 aliphatic rings. The second-order valence-corrected chi connectivity index (χ2v) is 20.8. The number of hydrogen-bond donors (Lipinski definition) is 15. The Morgan fingerprint density at radius 2 is 0.944 bits per heavy atom. The van der Waals surface area contributed by atoms with E-state index in [4.69, 9.17) is 14.9 Å². The molecule has 30 heteroatoms. The van der Waals surface area contributed by atoms with Crippen LogP contribution in [0, 0.1) is 0 Å². The van der Waals surface area contributed by atoms with E-state index in [1.807, 2.05) is 5.32 Å². The van der Waals surface area contributed by atoms with Crippen LogP contribution in [0.4, 0.5) is 4.79 Å². The van der Waals surface area contributed by atoms with Crippen molar-refractivity contribution in [2.24, 2.45) is 0 Å². The predicted octanol–water partition coefficient (Wildman–Crippen LogP) is 0.912. The first-order valence-corrected chi connectivity index (χ1v) is 28.3. The topological polar surface area (TPSA) is 475 Å². The van der Waals surface area contributed by atoms with E-state index in [9.17, 15) is 93.3 Å². The molecular weight excluding hydrogens is 1180 g/mol. The number of rotatable bonds is 42. The van der Waals surface area contributed by atoms with Gasteiger partial charge >= 0.3 is 47.8 Å². The van der Waals surface area contributed by atoms with Crippen molar-refractivity contribution in [1.82, 2.24) is 41.7 Å². The second kappa shape index (κ2) is 37.4. The summed E-state index contributed by atoms with van der Waals surface area (Å²) in [7, 11) is 0. The molecule has 90 heavy (non-hydrogen) atoms. The second-order valence-electron chi connectivity index (χ2n) is 20.8. The average Bonchev–Trinajstić information content (AvgIpc) is 1.98. The van der Waals surface area contributed by atoms with Gasteiger partial charge in [-0.25, -0.2) is 19.2 Å². The number of nitrogens with zero attached hydrogens (tertiary/aromatic N) is 2. The summed E-state index contributed by atoms with van der Waals surface area (Å²) in [4.78, 5) is 149. The lowest BCUT2D eigenvalue weighted by molar-refractivity contribution is -0.142. The van der Waals surface area contributed by atoms with Crippen LogP contribution in [0.25, 0.3) is 0 Å². The number of ether oxygens (including phenoxy) is 1. The number of phenols is 2. The van der Waals surface area contributed by atoms with Crippen LogP contribution in [-0.2, 0) is 91.5 Å². The van der Waals surface area contributed by atoms with Crippen molar-refractivity contribution in [3.05, 3.63) is 124 Å². The third-order valence-electron chi connectivity index (χ3n) is 13.6. The number of aliphatic carboxylic acids is 7. The van der Waals surface area contributed by atoms with Crippen LogP contribution in [-0.4, -0.2) is 197 Å². The quantitative estimate of drug-likeness (QED) is 0.0274. The van der Waals surface area contributed by atoms with Crippen molar-refractivity contribution < 1.29 is 108 Å². The molecule has 0 radical (unpaired) electrons. The minimum atomic E-state index is -1.58. The highest BCUT2D eigenvalue weighted by molar-refractivity contribution is 5.89. The van der Waals surface area contributed by atoms with E-state index < -0.39 is 135 Å². The van der Waals surface area contributed by atoms with Crippen LogP contribution >= 0.6 is 0 Å². The molecule has 4 rings (SSSR count). The van der Waals surface area contributed by atoms with Gasteiger partial charge < -0.3 is 82.6 Å². The number of hydrogen-bond acceptors (Lipinski definition) is 17. The molecule has 0 aliphatic heterocycles. The molecule has 0 saturated carbocycles. The highest BCUT2D eigenvalue weighted by atomic mass is 16.5. The van der Waals surface area contributed by atoms with Crippen LogP contribution < -0.4 is 36.6 Å². The third kappa shape index (κ3) is 28.0. The number of amides is 6. The standard InChI is InChI=1S/C60H74N8O22/c69-47-18-11-37(26-40(47)31-67(33-54(78)79)24-25-68(34-55(80)81)32-41-27-38(12-19-48(41)70)14-21-52(74)75)13-20-49(71)62-30-50(72)64-46(59(87)88)29-39-9-15-42(16-10-39)90-35-51(73)63-45(28-36-6-2-1-3-7-36)56(82)61-23-5-4-8-43(57(83)84)65-60(89)66-44(58(85)86)17-22-53(76)77/h1-3,6-7,9-12,15-16,18-19,26-27,43-46,69-70H,4-5,8,13-14,17,20-25,28-35H2,(H,61,82)(H,62,71)(H,63,73)(H,64,72)(H,74,75)(H,76,77)(H,78,79)(H,80,81)(H,83,84)(H,85,86)(H,87,88)(H2,65,66,89). The maximum absolute atomic E-state index is 13.4. The first-order valence-electron chi connectivity index (χ1n) is 28.3. The molecule has 0 aromatic heterocycles. The van der Waals surface area contributed by atoms with E-state index in [1.165, 1.54) is 46.2 Å². The monoisotopic (exact) mass is 1260 g/mol. The fourth-order valence-electron chi connectivity index (χ4n) is 8.99. The van der Waals surface area contributed by atoms with Crippen molar-refractivity contribution in [3.8, 4) is 17.2 Å². The summed E-state index contributed by atoms with van der Waals surface area (Å²) in [5.41, 5.74) is 2.94. The van der Waals surface area contributed by atoms with E-state index in [-0.39, 0.29) is 108 Å². The van der Waals surface area contributed by atoms with Gasteiger partial charge in [-0.05, 0) is 85.0 Å². The molecule has 486 valence electrons. The van der Waals surface area contributed by atoms with E-state index in [0.717, 1.165) is 0 Å². The summed E-state index contributed by atoms with van der Waals surface area (Å²) in [6.45, 7) is -2.25. The Balaban J connectivity index is 1.23. The van der Waals surface area contributed by atoms with Crippen molar-refractivity contribution in [2.75, 3.05) is 45.9 Å². The van der Waals surface area contributed by atoms with Gasteiger partial charge in [-0.2, -0.15) is 0 Å². The van der Waals surface area contributed by atoms with E-state index >= 15 is 0 Å². The van der Waals surface area contributed by atoms with Gasteiger partial charge in [0.25, 0.3) is 5.91 Å².